The van der Waals surface area contributed by atoms with Crippen LogP contribution in [0.25, 0.3) is 0 Å². The number of fused-ring (bicyclic) bond motifs is 1. The van der Waals surface area contributed by atoms with Gasteiger partial charge < -0.3 is 20.1 Å². The standard InChI is InChI=1S/C26H29F4N3O6S/c1-25(36,26(28,29)30)17-4-10-22-16(13-17)3-7-20(33(22)40(37,38)21-8-5-18(27)6-9-21)14-23(34)32-12-11-19(15-32)31-24(35)39-2/h4-6,8-10,13,19-20,36H,3,7,11-12,14-15H2,1-2H3,(H,31,35)/t19-,20-,25?/m0/s1. The summed E-state index contributed by atoms with van der Waals surface area (Å²) in [6.07, 6.45) is -5.10. The Balaban J connectivity index is 1.67. The third kappa shape index (κ3) is 5.73. The lowest BCUT2D eigenvalue weighted by molar-refractivity contribution is -0.258. The van der Waals surface area contributed by atoms with E-state index in [0.29, 0.717) is 19.9 Å². The van der Waals surface area contributed by atoms with Gasteiger partial charge in [0, 0.05) is 19.5 Å². The number of hydrogen-bond donors (Lipinski definition) is 2. The van der Waals surface area contributed by atoms with Crippen LogP contribution in [0.5, 0.6) is 0 Å². The fourth-order valence-electron chi connectivity index (χ4n) is 4.99. The Bertz CT molecular complexity index is 1380. The fourth-order valence-corrected chi connectivity index (χ4v) is 6.71. The summed E-state index contributed by atoms with van der Waals surface area (Å²) in [6.45, 7) is 1.15. The Labute approximate surface area is 228 Å². The summed E-state index contributed by atoms with van der Waals surface area (Å²) >= 11 is 0. The molecule has 0 radical (unpaired) electrons. The van der Waals surface area contributed by atoms with E-state index in [1.807, 2.05) is 0 Å². The Kier molecular flexibility index (Phi) is 8.05. The van der Waals surface area contributed by atoms with E-state index in [4.69, 9.17) is 0 Å². The highest BCUT2D eigenvalue weighted by atomic mass is 32.2. The van der Waals surface area contributed by atoms with Gasteiger partial charge in [-0.2, -0.15) is 13.2 Å². The van der Waals surface area contributed by atoms with Crippen molar-refractivity contribution in [2.24, 2.45) is 0 Å². The first-order valence-electron chi connectivity index (χ1n) is 12.5. The normalized spacial score (nSPS) is 21.0. The first-order chi connectivity index (χ1) is 18.6. The quantitative estimate of drug-likeness (QED) is 0.501. The van der Waals surface area contributed by atoms with Crippen LogP contribution in [-0.4, -0.2) is 68.9 Å². The number of halogens is 4. The van der Waals surface area contributed by atoms with Gasteiger partial charge in [-0.15, -0.1) is 0 Å². The van der Waals surface area contributed by atoms with Crippen LogP contribution < -0.4 is 9.62 Å². The van der Waals surface area contributed by atoms with Gasteiger partial charge in [0.15, 0.2) is 5.60 Å². The minimum Gasteiger partial charge on any atom is -0.453 e. The zero-order valence-corrected chi connectivity index (χ0v) is 22.6. The van der Waals surface area contributed by atoms with E-state index in [2.05, 4.69) is 10.1 Å². The maximum Gasteiger partial charge on any atom is 0.421 e. The number of carbonyl (C=O) groups is 2. The molecular weight excluding hydrogens is 558 g/mol. The third-order valence-corrected chi connectivity index (χ3v) is 9.22. The molecule has 0 aliphatic carbocycles. The average molecular weight is 588 g/mol. The minimum atomic E-state index is -4.97. The molecule has 0 saturated carbocycles. The number of nitrogens with one attached hydrogen (secondary N) is 1. The van der Waals surface area contributed by atoms with E-state index in [1.54, 1.807) is 0 Å². The van der Waals surface area contributed by atoms with Crippen molar-refractivity contribution in [1.29, 1.82) is 0 Å². The number of carbonyl (C=O) groups excluding carboxylic acids is 2. The number of hydrogen-bond acceptors (Lipinski definition) is 6. The van der Waals surface area contributed by atoms with Gasteiger partial charge in [-0.1, -0.05) is 12.1 Å². The molecule has 0 aromatic heterocycles. The molecule has 0 spiro atoms. The van der Waals surface area contributed by atoms with E-state index >= 15 is 0 Å². The molecule has 14 heteroatoms. The molecule has 4 rings (SSSR count). The van der Waals surface area contributed by atoms with Crippen LogP contribution in [0.1, 0.15) is 37.3 Å². The summed E-state index contributed by atoms with van der Waals surface area (Å²) in [5.41, 5.74) is -3.30. The van der Waals surface area contributed by atoms with Gasteiger partial charge in [0.1, 0.15) is 5.82 Å². The molecule has 2 aromatic carbocycles. The monoisotopic (exact) mass is 587 g/mol. The predicted octanol–water partition coefficient (Wildman–Crippen LogP) is 3.45. The zero-order chi connectivity index (χ0) is 29.5. The molecule has 0 bridgehead atoms. The second-order valence-corrected chi connectivity index (χ2v) is 11.8. The smallest absolute Gasteiger partial charge is 0.421 e. The van der Waals surface area contributed by atoms with Crippen molar-refractivity contribution in [2.75, 3.05) is 24.5 Å². The minimum absolute atomic E-state index is 0.0711. The molecule has 1 fully saturated rings. The number of likely N-dealkylation sites (tertiary alicyclic amines) is 1. The zero-order valence-electron chi connectivity index (χ0n) is 21.7. The van der Waals surface area contributed by atoms with Crippen molar-refractivity contribution in [2.45, 2.75) is 61.4 Å². The molecule has 1 unspecified atom stereocenters. The number of ether oxygens (including phenoxy) is 1. The van der Waals surface area contributed by atoms with Gasteiger partial charge in [0.25, 0.3) is 10.0 Å². The van der Waals surface area contributed by atoms with E-state index < -0.39 is 45.3 Å². The SMILES string of the molecule is COC(=O)N[C@H]1CCN(C(=O)C[C@@H]2CCc3cc(C(C)(O)C(F)(F)F)ccc3N2S(=O)(=O)c2ccc(F)cc2)C1. The fraction of sp³-hybridized carbons (Fsp3) is 0.462. The largest absolute Gasteiger partial charge is 0.453 e. The molecule has 2 aliphatic rings. The first kappa shape index (κ1) is 29.6. The highest BCUT2D eigenvalue weighted by Crippen LogP contribution is 2.43. The van der Waals surface area contributed by atoms with Crippen LogP contribution in [0.4, 0.5) is 28.0 Å². The number of anilines is 1. The lowest BCUT2D eigenvalue weighted by atomic mass is 9.89. The van der Waals surface area contributed by atoms with Gasteiger partial charge in [-0.25, -0.2) is 17.6 Å². The summed E-state index contributed by atoms with van der Waals surface area (Å²) in [5, 5.41) is 12.8. The molecule has 40 heavy (non-hydrogen) atoms. The van der Waals surface area contributed by atoms with Crippen molar-refractivity contribution >= 4 is 27.7 Å². The molecule has 218 valence electrons. The first-order valence-corrected chi connectivity index (χ1v) is 13.9. The summed E-state index contributed by atoms with van der Waals surface area (Å²) < 4.78 is 87.2. The Hall–Kier alpha value is -3.39. The number of benzene rings is 2. The molecular formula is C26H29F4N3O6S. The van der Waals surface area contributed by atoms with Crippen LogP contribution in [0.15, 0.2) is 47.4 Å². The van der Waals surface area contributed by atoms with Gasteiger partial charge in [0.2, 0.25) is 5.91 Å². The maximum atomic E-state index is 13.8. The molecule has 1 saturated heterocycles. The second kappa shape index (κ2) is 10.9. The van der Waals surface area contributed by atoms with Crippen molar-refractivity contribution < 1.29 is 45.4 Å². The lowest BCUT2D eigenvalue weighted by Crippen LogP contribution is -2.47. The average Bonchev–Trinajstić information content (AvgIpc) is 3.36. The number of methoxy groups -OCH3 is 1. The van der Waals surface area contributed by atoms with Crippen molar-refractivity contribution in [3.05, 3.63) is 59.4 Å². The topological polar surface area (TPSA) is 116 Å². The van der Waals surface area contributed by atoms with Crippen molar-refractivity contribution in [3.8, 4) is 0 Å². The van der Waals surface area contributed by atoms with Gasteiger partial charge >= 0.3 is 12.3 Å². The van der Waals surface area contributed by atoms with Crippen molar-refractivity contribution in [3.63, 3.8) is 0 Å². The summed E-state index contributed by atoms with van der Waals surface area (Å²) in [7, 11) is -3.16. The van der Waals surface area contributed by atoms with Crippen molar-refractivity contribution in [1.82, 2.24) is 10.2 Å². The predicted molar refractivity (Wildman–Crippen MR) is 135 cm³/mol. The third-order valence-electron chi connectivity index (χ3n) is 7.34. The Morgan fingerprint density at radius 3 is 2.42 bits per heavy atom. The van der Waals surface area contributed by atoms with E-state index in [1.165, 1.54) is 18.1 Å². The summed E-state index contributed by atoms with van der Waals surface area (Å²) in [4.78, 5) is 26.0. The molecule has 2 aliphatic heterocycles. The number of aryl methyl sites for hydroxylation is 1. The van der Waals surface area contributed by atoms with Crippen LogP contribution >= 0.6 is 0 Å². The second-order valence-electron chi connectivity index (χ2n) is 10.0. The number of sulfonamides is 1. The molecule has 9 nitrogen and oxygen atoms in total. The summed E-state index contributed by atoms with van der Waals surface area (Å²) in [6, 6.07) is 6.19. The van der Waals surface area contributed by atoms with Crippen LogP contribution in [0.2, 0.25) is 0 Å². The molecule has 2 N–H and O–H groups in total. The van der Waals surface area contributed by atoms with E-state index in [-0.39, 0.29) is 53.9 Å². The van der Waals surface area contributed by atoms with E-state index in [9.17, 15) is 40.7 Å². The number of amides is 2. The number of rotatable bonds is 6. The molecule has 2 heterocycles. The Morgan fingerprint density at radius 1 is 1.12 bits per heavy atom. The van der Waals surface area contributed by atoms with E-state index in [0.717, 1.165) is 40.7 Å². The van der Waals surface area contributed by atoms with Gasteiger partial charge in [-0.3, -0.25) is 9.10 Å². The number of alkyl carbamates (subject to hydrolysis) is 1. The molecule has 2 amide bonds. The highest BCUT2D eigenvalue weighted by Gasteiger charge is 2.51. The van der Waals surface area contributed by atoms with Crippen LogP contribution in [-0.2, 0) is 31.6 Å². The number of alkyl halides is 3. The molecule has 3 atom stereocenters. The number of aliphatic hydroxyl groups is 1. The lowest BCUT2D eigenvalue weighted by Gasteiger charge is -2.39. The maximum absolute atomic E-state index is 13.8. The van der Waals surface area contributed by atoms with Crippen LogP contribution in [0, 0.1) is 5.82 Å². The van der Waals surface area contributed by atoms with Gasteiger partial charge in [0.05, 0.1) is 29.8 Å². The molecule has 2 aromatic rings. The van der Waals surface area contributed by atoms with Crippen LogP contribution in [0.3, 0.4) is 0 Å². The van der Waals surface area contributed by atoms with Gasteiger partial charge in [-0.05, 0) is 67.6 Å². The highest BCUT2D eigenvalue weighted by molar-refractivity contribution is 7.92. The Morgan fingerprint density at radius 2 is 1.80 bits per heavy atom. The summed E-state index contributed by atoms with van der Waals surface area (Å²) in [5.74, 6) is -1.02. The number of nitrogens with zero attached hydrogens (tertiary/aromatic N) is 2.